The highest BCUT2D eigenvalue weighted by Crippen LogP contribution is 2.17. The molecular formula is C19H24Cl2N4O2. The van der Waals surface area contributed by atoms with E-state index in [1.165, 1.54) is 0 Å². The van der Waals surface area contributed by atoms with Crippen LogP contribution in [-0.2, 0) is 4.79 Å². The van der Waals surface area contributed by atoms with Crippen LogP contribution in [0.2, 0.25) is 0 Å². The minimum absolute atomic E-state index is 0. The van der Waals surface area contributed by atoms with Gasteiger partial charge in [-0.05, 0) is 56.1 Å². The van der Waals surface area contributed by atoms with Gasteiger partial charge in [-0.25, -0.2) is 0 Å². The van der Waals surface area contributed by atoms with E-state index in [2.05, 4.69) is 20.9 Å². The molecule has 0 bridgehead atoms. The van der Waals surface area contributed by atoms with Crippen LogP contribution in [-0.4, -0.2) is 29.4 Å². The van der Waals surface area contributed by atoms with Crippen molar-refractivity contribution in [2.45, 2.75) is 31.8 Å². The summed E-state index contributed by atoms with van der Waals surface area (Å²) in [5.74, 6) is -0.135. The Labute approximate surface area is 171 Å². The first-order valence-electron chi connectivity index (χ1n) is 8.48. The van der Waals surface area contributed by atoms with Gasteiger partial charge in [0.15, 0.2) is 0 Å². The third-order valence-electron chi connectivity index (χ3n) is 4.35. The monoisotopic (exact) mass is 410 g/mol. The van der Waals surface area contributed by atoms with Gasteiger partial charge in [0.05, 0.1) is 12.1 Å². The molecule has 2 amide bonds. The van der Waals surface area contributed by atoms with Gasteiger partial charge < -0.3 is 16.0 Å². The average Bonchev–Trinajstić information content (AvgIpc) is 3.18. The van der Waals surface area contributed by atoms with Crippen molar-refractivity contribution in [2.75, 3.05) is 11.9 Å². The molecule has 2 heterocycles. The summed E-state index contributed by atoms with van der Waals surface area (Å²) in [6.07, 6.45) is 5.10. The first kappa shape index (κ1) is 22.9. The molecule has 2 atom stereocenters. The van der Waals surface area contributed by atoms with Crippen molar-refractivity contribution in [3.8, 4) is 0 Å². The predicted molar refractivity (Wildman–Crippen MR) is 111 cm³/mol. The second-order valence-corrected chi connectivity index (χ2v) is 6.19. The van der Waals surface area contributed by atoms with Gasteiger partial charge >= 0.3 is 0 Å². The van der Waals surface area contributed by atoms with E-state index in [-0.39, 0.29) is 48.7 Å². The van der Waals surface area contributed by atoms with Gasteiger partial charge in [-0.3, -0.25) is 14.6 Å². The molecular weight excluding hydrogens is 387 g/mol. The number of nitrogens with one attached hydrogen (secondary N) is 3. The summed E-state index contributed by atoms with van der Waals surface area (Å²) in [6.45, 7) is 2.86. The van der Waals surface area contributed by atoms with Crippen LogP contribution in [0.3, 0.4) is 0 Å². The molecule has 0 saturated carbocycles. The van der Waals surface area contributed by atoms with Gasteiger partial charge in [-0.1, -0.05) is 12.1 Å². The lowest BCUT2D eigenvalue weighted by atomic mass is 10.1. The quantitative estimate of drug-likeness (QED) is 0.706. The van der Waals surface area contributed by atoms with E-state index >= 15 is 0 Å². The Kier molecular flexibility index (Phi) is 9.21. The van der Waals surface area contributed by atoms with Crippen LogP contribution < -0.4 is 16.0 Å². The van der Waals surface area contributed by atoms with Gasteiger partial charge in [0.2, 0.25) is 5.91 Å². The van der Waals surface area contributed by atoms with E-state index in [0.717, 1.165) is 24.9 Å². The Balaban J connectivity index is 0.00000182. The van der Waals surface area contributed by atoms with E-state index in [4.69, 9.17) is 0 Å². The fourth-order valence-corrected chi connectivity index (χ4v) is 2.87. The smallest absolute Gasteiger partial charge is 0.255 e. The van der Waals surface area contributed by atoms with E-state index in [1.807, 2.05) is 31.2 Å². The van der Waals surface area contributed by atoms with Crippen molar-refractivity contribution in [2.24, 2.45) is 0 Å². The molecule has 0 aliphatic carbocycles. The van der Waals surface area contributed by atoms with Gasteiger partial charge in [-0.2, -0.15) is 0 Å². The third-order valence-corrected chi connectivity index (χ3v) is 4.35. The number of carbonyl (C=O) groups is 2. The van der Waals surface area contributed by atoms with E-state index in [0.29, 0.717) is 11.3 Å². The highest BCUT2D eigenvalue weighted by molar-refractivity contribution is 6.04. The summed E-state index contributed by atoms with van der Waals surface area (Å²) < 4.78 is 0. The number of hydrogen-bond acceptors (Lipinski definition) is 4. The molecule has 3 rings (SSSR count). The zero-order valence-electron chi connectivity index (χ0n) is 15.0. The molecule has 1 aliphatic heterocycles. The SMILES string of the molecule is CC(NC(=O)C1CCCN1)c1ccc(NC(=O)c2ccncc2)cc1.Cl.Cl. The van der Waals surface area contributed by atoms with Crippen LogP contribution in [0.1, 0.15) is 41.7 Å². The summed E-state index contributed by atoms with van der Waals surface area (Å²) in [5, 5.41) is 9.07. The van der Waals surface area contributed by atoms with E-state index < -0.39 is 0 Å². The summed E-state index contributed by atoms with van der Waals surface area (Å²) in [6, 6.07) is 10.7. The molecule has 3 N–H and O–H groups in total. The highest BCUT2D eigenvalue weighted by Gasteiger charge is 2.23. The van der Waals surface area contributed by atoms with Crippen LogP contribution in [0, 0.1) is 0 Å². The summed E-state index contributed by atoms with van der Waals surface area (Å²) in [5.41, 5.74) is 2.26. The molecule has 27 heavy (non-hydrogen) atoms. The van der Waals surface area contributed by atoms with Crippen LogP contribution in [0.4, 0.5) is 5.69 Å². The number of rotatable bonds is 5. The number of aromatic nitrogens is 1. The number of hydrogen-bond donors (Lipinski definition) is 3. The van der Waals surface area contributed by atoms with Crippen LogP contribution in [0.5, 0.6) is 0 Å². The predicted octanol–water partition coefficient (Wildman–Crippen LogP) is 3.11. The largest absolute Gasteiger partial charge is 0.348 e. The Morgan fingerprint density at radius 1 is 1.11 bits per heavy atom. The number of amides is 2. The van der Waals surface area contributed by atoms with Crippen LogP contribution in [0.15, 0.2) is 48.8 Å². The molecule has 1 saturated heterocycles. The Hall–Kier alpha value is -2.15. The maximum Gasteiger partial charge on any atom is 0.255 e. The molecule has 1 fully saturated rings. The maximum absolute atomic E-state index is 12.2. The van der Waals surface area contributed by atoms with Crippen LogP contribution >= 0.6 is 24.8 Å². The number of pyridine rings is 1. The van der Waals surface area contributed by atoms with Crippen molar-refractivity contribution in [3.63, 3.8) is 0 Å². The summed E-state index contributed by atoms with van der Waals surface area (Å²) in [7, 11) is 0. The second-order valence-electron chi connectivity index (χ2n) is 6.19. The minimum Gasteiger partial charge on any atom is -0.348 e. The second kappa shape index (κ2) is 10.9. The molecule has 1 aromatic carbocycles. The number of anilines is 1. The topological polar surface area (TPSA) is 83.1 Å². The minimum atomic E-state index is -0.177. The van der Waals surface area contributed by atoms with Gasteiger partial charge in [-0.15, -0.1) is 24.8 Å². The van der Waals surface area contributed by atoms with Gasteiger partial charge in [0, 0.05) is 23.6 Å². The number of carbonyl (C=O) groups excluding carboxylic acids is 2. The Morgan fingerprint density at radius 2 is 1.78 bits per heavy atom. The highest BCUT2D eigenvalue weighted by atomic mass is 35.5. The van der Waals surface area contributed by atoms with Crippen molar-refractivity contribution >= 4 is 42.3 Å². The number of benzene rings is 1. The summed E-state index contributed by atoms with van der Waals surface area (Å²) >= 11 is 0. The lowest BCUT2D eigenvalue weighted by Crippen LogP contribution is -2.41. The molecule has 8 heteroatoms. The molecule has 2 unspecified atom stereocenters. The van der Waals surface area contributed by atoms with Gasteiger partial charge in [0.1, 0.15) is 0 Å². The normalized spacial score (nSPS) is 16.4. The first-order chi connectivity index (χ1) is 12.1. The molecule has 1 aliphatic rings. The van der Waals surface area contributed by atoms with E-state index in [1.54, 1.807) is 24.5 Å². The zero-order chi connectivity index (χ0) is 17.6. The lowest BCUT2D eigenvalue weighted by molar-refractivity contribution is -0.123. The Morgan fingerprint density at radius 3 is 2.37 bits per heavy atom. The molecule has 6 nitrogen and oxygen atoms in total. The molecule has 0 spiro atoms. The number of halogens is 2. The van der Waals surface area contributed by atoms with Crippen molar-refractivity contribution in [3.05, 3.63) is 59.9 Å². The Bertz CT molecular complexity index is 735. The molecule has 2 aromatic rings. The summed E-state index contributed by atoms with van der Waals surface area (Å²) in [4.78, 5) is 28.2. The van der Waals surface area contributed by atoms with Crippen molar-refractivity contribution in [1.82, 2.24) is 15.6 Å². The molecule has 146 valence electrons. The van der Waals surface area contributed by atoms with E-state index in [9.17, 15) is 9.59 Å². The zero-order valence-corrected chi connectivity index (χ0v) is 16.6. The standard InChI is InChI=1S/C19H22N4O2.2ClH/c1-13(22-19(25)17-3-2-10-21-17)14-4-6-16(7-5-14)23-18(24)15-8-11-20-12-9-15;;/h4-9,11-13,17,21H,2-3,10H2,1H3,(H,22,25)(H,23,24);2*1H. The molecule has 1 aromatic heterocycles. The lowest BCUT2D eigenvalue weighted by Gasteiger charge is -2.18. The van der Waals surface area contributed by atoms with Crippen molar-refractivity contribution < 1.29 is 9.59 Å². The van der Waals surface area contributed by atoms with Gasteiger partial charge in [0.25, 0.3) is 5.91 Å². The average molecular weight is 411 g/mol. The fourth-order valence-electron chi connectivity index (χ4n) is 2.87. The van der Waals surface area contributed by atoms with Crippen molar-refractivity contribution in [1.29, 1.82) is 0 Å². The number of nitrogens with zero attached hydrogens (tertiary/aromatic N) is 1. The third kappa shape index (κ3) is 6.20. The maximum atomic E-state index is 12.2. The fraction of sp³-hybridized carbons (Fsp3) is 0.316. The van der Waals surface area contributed by atoms with Crippen LogP contribution in [0.25, 0.3) is 0 Å². The molecule has 0 radical (unpaired) electrons. The first-order valence-corrected chi connectivity index (χ1v) is 8.48.